The molecule has 0 fully saturated rings. The van der Waals surface area contributed by atoms with Crippen LogP contribution in [0.5, 0.6) is 0 Å². The molecule has 5 N–H and O–H groups in total. The van der Waals surface area contributed by atoms with Gasteiger partial charge < -0.3 is 10.3 Å². The lowest BCUT2D eigenvalue weighted by atomic mass is 10.3. The highest BCUT2D eigenvalue weighted by molar-refractivity contribution is 7.76. The number of nitrogens with one attached hydrogen (secondary N) is 1. The van der Waals surface area contributed by atoms with Crippen LogP contribution >= 0.6 is 0 Å². The van der Waals surface area contributed by atoms with Crippen molar-refractivity contribution in [2.75, 3.05) is 5.01 Å². The van der Waals surface area contributed by atoms with Crippen molar-refractivity contribution in [1.29, 1.82) is 0 Å². The molecule has 2 rings (SSSR count). The number of allylic oxidation sites excluding steroid dienone is 1. The Labute approximate surface area is 102 Å². The number of nitrogens with two attached hydrogens (primary N) is 2. The molecule has 92 valence electrons. The Kier molecular flexibility index (Phi) is 5.21. The SMILES string of the molecule is NC1=CNN(c2ccccc2)C=C1.NS(=O)[O-]. The highest BCUT2D eigenvalue weighted by Gasteiger charge is 2.02. The lowest BCUT2D eigenvalue weighted by Gasteiger charge is -2.23. The van der Waals surface area contributed by atoms with Gasteiger partial charge in [0.25, 0.3) is 0 Å². The molecular weight excluding hydrogens is 240 g/mol. The molecule has 0 aromatic heterocycles. The summed E-state index contributed by atoms with van der Waals surface area (Å²) in [5.74, 6) is 0. The van der Waals surface area contributed by atoms with E-state index in [0.29, 0.717) is 0 Å². The summed E-state index contributed by atoms with van der Waals surface area (Å²) < 4.78 is 17.6. The highest BCUT2D eigenvalue weighted by Crippen LogP contribution is 2.13. The number of para-hydroxylation sites is 1. The van der Waals surface area contributed by atoms with Gasteiger partial charge in [-0.3, -0.25) is 19.8 Å². The van der Waals surface area contributed by atoms with Crippen LogP contribution in [0.4, 0.5) is 5.69 Å². The van der Waals surface area contributed by atoms with Gasteiger partial charge in [0.15, 0.2) is 0 Å². The van der Waals surface area contributed by atoms with Crippen molar-refractivity contribution in [3.8, 4) is 0 Å². The maximum atomic E-state index is 8.78. The van der Waals surface area contributed by atoms with E-state index in [0.717, 1.165) is 11.4 Å². The van der Waals surface area contributed by atoms with Gasteiger partial charge in [-0.2, -0.15) is 0 Å². The quantitative estimate of drug-likeness (QED) is 0.614. The van der Waals surface area contributed by atoms with Gasteiger partial charge in [-0.15, -0.1) is 0 Å². The molecule has 1 unspecified atom stereocenters. The largest absolute Gasteiger partial charge is 0.760 e. The fourth-order valence-electron chi connectivity index (χ4n) is 1.15. The average Bonchev–Trinajstić information content (AvgIpc) is 2.30. The van der Waals surface area contributed by atoms with Gasteiger partial charge in [0.1, 0.15) is 0 Å². The number of rotatable bonds is 1. The number of nitrogens with zero attached hydrogens (tertiary/aromatic N) is 1. The normalized spacial score (nSPS) is 15.2. The minimum Gasteiger partial charge on any atom is -0.760 e. The summed E-state index contributed by atoms with van der Waals surface area (Å²) in [5, 5.41) is 5.93. The third-order valence-corrected chi connectivity index (χ3v) is 1.82. The van der Waals surface area contributed by atoms with Gasteiger partial charge in [0, 0.05) is 23.7 Å². The van der Waals surface area contributed by atoms with Crippen molar-refractivity contribution >= 4 is 17.0 Å². The smallest absolute Gasteiger partial charge is 0.0623 e. The van der Waals surface area contributed by atoms with Crippen LogP contribution in [0.15, 0.2) is 54.5 Å². The molecule has 0 radical (unpaired) electrons. The summed E-state index contributed by atoms with van der Waals surface area (Å²) >= 11 is -2.36. The number of hydrazine groups is 1. The van der Waals surface area contributed by atoms with E-state index in [4.69, 9.17) is 14.5 Å². The van der Waals surface area contributed by atoms with E-state index in [2.05, 4.69) is 10.6 Å². The first-order valence-corrected chi connectivity index (χ1v) is 5.81. The third kappa shape index (κ3) is 5.16. The van der Waals surface area contributed by atoms with Crippen molar-refractivity contribution in [2.45, 2.75) is 0 Å². The topological polar surface area (TPSA) is 107 Å². The van der Waals surface area contributed by atoms with E-state index in [1.165, 1.54) is 0 Å². The maximum Gasteiger partial charge on any atom is 0.0623 e. The van der Waals surface area contributed by atoms with E-state index < -0.39 is 11.3 Å². The molecule has 7 heteroatoms. The molecule has 1 heterocycles. The van der Waals surface area contributed by atoms with Gasteiger partial charge in [-0.1, -0.05) is 18.2 Å². The van der Waals surface area contributed by atoms with E-state index in [1.807, 2.05) is 47.6 Å². The number of anilines is 1. The van der Waals surface area contributed by atoms with Crippen LogP contribution in [0.3, 0.4) is 0 Å². The van der Waals surface area contributed by atoms with E-state index >= 15 is 0 Å². The summed E-state index contributed by atoms with van der Waals surface area (Å²) in [6.07, 6.45) is 5.50. The maximum absolute atomic E-state index is 8.78. The van der Waals surface area contributed by atoms with E-state index in [1.54, 1.807) is 6.20 Å². The first kappa shape index (κ1) is 13.2. The fraction of sp³-hybridized carbons (Fsp3) is 0. The predicted molar refractivity (Wildman–Crippen MR) is 66.6 cm³/mol. The molecule has 1 aromatic rings. The summed E-state index contributed by atoms with van der Waals surface area (Å²) in [6, 6.07) is 10.0. The Balaban J connectivity index is 0.000000317. The Morgan fingerprint density at radius 3 is 2.35 bits per heavy atom. The lowest BCUT2D eigenvalue weighted by molar-refractivity contribution is 0.539. The van der Waals surface area contributed by atoms with Crippen LogP contribution in [0.1, 0.15) is 0 Å². The molecule has 0 saturated carbocycles. The molecule has 0 bridgehead atoms. The summed E-state index contributed by atoms with van der Waals surface area (Å²) in [7, 11) is 0. The second-order valence-corrected chi connectivity index (χ2v) is 3.58. The molecule has 0 saturated heterocycles. The molecule has 1 aromatic carbocycles. The monoisotopic (exact) mass is 253 g/mol. The van der Waals surface area contributed by atoms with Gasteiger partial charge in [-0.25, -0.2) is 0 Å². The number of benzene rings is 1. The second kappa shape index (κ2) is 6.69. The van der Waals surface area contributed by atoms with Crippen LogP contribution in [0.2, 0.25) is 0 Å². The third-order valence-electron chi connectivity index (χ3n) is 1.82. The first-order valence-electron chi connectivity index (χ1n) is 4.67. The molecule has 0 amide bonds. The fourth-order valence-corrected chi connectivity index (χ4v) is 1.15. The summed E-state index contributed by atoms with van der Waals surface area (Å²) in [4.78, 5) is 0. The second-order valence-electron chi connectivity index (χ2n) is 3.06. The Morgan fingerprint density at radius 2 is 1.88 bits per heavy atom. The van der Waals surface area contributed by atoms with Crippen LogP contribution in [-0.4, -0.2) is 8.76 Å². The lowest BCUT2D eigenvalue weighted by Crippen LogP contribution is -2.32. The standard InChI is InChI=1S/C10H11N3.H3NO2S/c11-9-6-7-13(12-8-9)10-4-2-1-3-5-10;1-4(2)3/h1-8,12H,11H2;1H2,(H,2,3)/p-1. The van der Waals surface area contributed by atoms with Crippen molar-refractivity contribution in [2.24, 2.45) is 10.9 Å². The van der Waals surface area contributed by atoms with Gasteiger partial charge in [0.2, 0.25) is 0 Å². The van der Waals surface area contributed by atoms with Gasteiger partial charge in [0.05, 0.1) is 11.4 Å². The minimum absolute atomic E-state index is 0.729. The molecule has 1 aliphatic rings. The van der Waals surface area contributed by atoms with Gasteiger partial charge in [-0.05, 0) is 18.2 Å². The van der Waals surface area contributed by atoms with Crippen LogP contribution in [-0.2, 0) is 11.3 Å². The molecule has 0 spiro atoms. The van der Waals surface area contributed by atoms with Crippen LogP contribution in [0.25, 0.3) is 0 Å². The van der Waals surface area contributed by atoms with Crippen molar-refractivity contribution in [3.63, 3.8) is 0 Å². The van der Waals surface area contributed by atoms with E-state index in [9.17, 15) is 0 Å². The van der Waals surface area contributed by atoms with Crippen LogP contribution in [0, 0.1) is 0 Å². The molecule has 17 heavy (non-hydrogen) atoms. The molecule has 1 aliphatic heterocycles. The zero-order chi connectivity index (χ0) is 12.7. The average molecular weight is 253 g/mol. The molecule has 6 nitrogen and oxygen atoms in total. The number of hydrogen-bond acceptors (Lipinski definition) is 5. The van der Waals surface area contributed by atoms with Crippen molar-refractivity contribution in [3.05, 3.63) is 54.5 Å². The Morgan fingerprint density at radius 1 is 1.29 bits per heavy atom. The molecule has 1 atom stereocenters. The Bertz CT molecular complexity index is 429. The molecular formula is C10H13N4O2S-. The summed E-state index contributed by atoms with van der Waals surface area (Å²) in [6.45, 7) is 0. The Hall–Kier alpha value is -1.83. The van der Waals surface area contributed by atoms with Crippen LogP contribution < -0.4 is 21.3 Å². The van der Waals surface area contributed by atoms with Crippen molar-refractivity contribution < 1.29 is 8.76 Å². The first-order chi connectivity index (χ1) is 8.09. The minimum atomic E-state index is -2.36. The van der Waals surface area contributed by atoms with E-state index in [-0.39, 0.29) is 0 Å². The summed E-state index contributed by atoms with van der Waals surface area (Å²) in [5.41, 5.74) is 10.4. The van der Waals surface area contributed by atoms with Crippen molar-refractivity contribution in [1.82, 2.24) is 5.43 Å². The van der Waals surface area contributed by atoms with Gasteiger partial charge >= 0.3 is 0 Å². The zero-order valence-electron chi connectivity index (χ0n) is 8.95. The number of hydrogen-bond donors (Lipinski definition) is 3. The molecule has 0 aliphatic carbocycles. The predicted octanol–water partition coefficient (Wildman–Crippen LogP) is 0.0642. The highest BCUT2D eigenvalue weighted by atomic mass is 32.2. The zero-order valence-corrected chi connectivity index (χ0v) is 9.76.